The standard InChI is InChI=1S/C13H23N3O3/c1-8(2)7-14-11(13(17)19-6)10-9(3)15-16(4)12(10)18-5/h8,11,14H,7H2,1-6H3. The van der Waals surface area contributed by atoms with Crippen molar-refractivity contribution >= 4 is 5.97 Å². The van der Waals surface area contributed by atoms with Gasteiger partial charge in [0, 0.05) is 7.05 Å². The average Bonchev–Trinajstić information content (AvgIpc) is 2.63. The minimum absolute atomic E-state index is 0.338. The highest BCUT2D eigenvalue weighted by molar-refractivity contribution is 5.78. The third-order valence-corrected chi connectivity index (χ3v) is 2.86. The Morgan fingerprint density at radius 1 is 1.42 bits per heavy atom. The third-order valence-electron chi connectivity index (χ3n) is 2.86. The first-order valence-corrected chi connectivity index (χ1v) is 6.31. The SMILES string of the molecule is COC(=O)C(NCC(C)C)c1c(C)nn(C)c1OC. The predicted octanol–water partition coefficient (Wildman–Crippen LogP) is 1.20. The fourth-order valence-electron chi connectivity index (χ4n) is 2.00. The molecular weight excluding hydrogens is 246 g/mol. The van der Waals surface area contributed by atoms with Gasteiger partial charge < -0.3 is 14.8 Å². The number of methoxy groups -OCH3 is 2. The van der Waals surface area contributed by atoms with Gasteiger partial charge in [-0.15, -0.1) is 0 Å². The molecule has 0 aliphatic heterocycles. The smallest absolute Gasteiger partial charge is 0.327 e. The molecule has 0 radical (unpaired) electrons. The maximum atomic E-state index is 12.0. The zero-order chi connectivity index (χ0) is 14.6. The van der Waals surface area contributed by atoms with E-state index < -0.39 is 6.04 Å². The van der Waals surface area contributed by atoms with E-state index in [1.165, 1.54) is 7.11 Å². The molecule has 1 unspecified atom stereocenters. The third kappa shape index (κ3) is 3.47. The van der Waals surface area contributed by atoms with E-state index >= 15 is 0 Å². The van der Waals surface area contributed by atoms with E-state index in [4.69, 9.17) is 9.47 Å². The van der Waals surface area contributed by atoms with Crippen molar-refractivity contribution in [1.82, 2.24) is 15.1 Å². The van der Waals surface area contributed by atoms with Crippen LogP contribution in [0.15, 0.2) is 0 Å². The van der Waals surface area contributed by atoms with Crippen LogP contribution in [0, 0.1) is 12.8 Å². The number of nitrogens with one attached hydrogen (secondary N) is 1. The lowest BCUT2D eigenvalue weighted by Gasteiger charge is -2.18. The van der Waals surface area contributed by atoms with Crippen LogP contribution in [0.1, 0.15) is 31.1 Å². The van der Waals surface area contributed by atoms with E-state index in [-0.39, 0.29) is 5.97 Å². The van der Waals surface area contributed by atoms with Crippen LogP contribution in [-0.4, -0.2) is 36.5 Å². The molecule has 1 N–H and O–H groups in total. The zero-order valence-electron chi connectivity index (χ0n) is 12.5. The second kappa shape index (κ2) is 6.56. The Balaban J connectivity index is 3.13. The van der Waals surface area contributed by atoms with Crippen LogP contribution < -0.4 is 10.1 Å². The van der Waals surface area contributed by atoms with E-state index in [0.29, 0.717) is 18.3 Å². The quantitative estimate of drug-likeness (QED) is 0.786. The minimum Gasteiger partial charge on any atom is -0.481 e. The summed E-state index contributed by atoms with van der Waals surface area (Å²) in [4.78, 5) is 12.0. The van der Waals surface area contributed by atoms with Crippen LogP contribution in [0.2, 0.25) is 0 Å². The molecule has 1 aromatic heterocycles. The molecule has 19 heavy (non-hydrogen) atoms. The molecule has 108 valence electrons. The van der Waals surface area contributed by atoms with Crippen molar-refractivity contribution in [3.05, 3.63) is 11.3 Å². The fraction of sp³-hybridized carbons (Fsp3) is 0.692. The summed E-state index contributed by atoms with van der Waals surface area (Å²) in [5.41, 5.74) is 1.49. The predicted molar refractivity (Wildman–Crippen MR) is 72.1 cm³/mol. The van der Waals surface area contributed by atoms with E-state index in [0.717, 1.165) is 11.3 Å². The highest BCUT2D eigenvalue weighted by Crippen LogP contribution is 2.28. The summed E-state index contributed by atoms with van der Waals surface area (Å²) >= 11 is 0. The van der Waals surface area contributed by atoms with Crippen LogP contribution in [-0.2, 0) is 16.6 Å². The van der Waals surface area contributed by atoms with Gasteiger partial charge in [-0.3, -0.25) is 0 Å². The maximum absolute atomic E-state index is 12.0. The second-order valence-corrected chi connectivity index (χ2v) is 4.89. The zero-order valence-corrected chi connectivity index (χ0v) is 12.5. The number of carbonyl (C=O) groups is 1. The summed E-state index contributed by atoms with van der Waals surface area (Å²) < 4.78 is 11.8. The first-order valence-electron chi connectivity index (χ1n) is 6.31. The summed E-state index contributed by atoms with van der Waals surface area (Å²) in [6.07, 6.45) is 0. The molecule has 0 aliphatic rings. The van der Waals surface area contributed by atoms with Gasteiger partial charge in [0.2, 0.25) is 5.88 Å². The van der Waals surface area contributed by atoms with Crippen molar-refractivity contribution < 1.29 is 14.3 Å². The van der Waals surface area contributed by atoms with Crippen molar-refractivity contribution in [2.24, 2.45) is 13.0 Å². The van der Waals surface area contributed by atoms with Crippen LogP contribution in [0.3, 0.4) is 0 Å². The van der Waals surface area contributed by atoms with Gasteiger partial charge in [0.25, 0.3) is 0 Å². The first kappa shape index (κ1) is 15.5. The van der Waals surface area contributed by atoms with Gasteiger partial charge in [-0.1, -0.05) is 13.8 Å². The summed E-state index contributed by atoms with van der Waals surface area (Å²) in [5.74, 6) is 0.661. The molecule has 1 rings (SSSR count). The number of nitrogens with zero attached hydrogens (tertiary/aromatic N) is 2. The number of hydrogen-bond donors (Lipinski definition) is 1. The van der Waals surface area contributed by atoms with Gasteiger partial charge in [0.1, 0.15) is 6.04 Å². The topological polar surface area (TPSA) is 65.4 Å². The summed E-state index contributed by atoms with van der Waals surface area (Å²) in [7, 11) is 4.73. The molecular formula is C13H23N3O3. The highest BCUT2D eigenvalue weighted by Gasteiger charge is 2.29. The Hall–Kier alpha value is -1.56. The molecule has 1 aromatic rings. The molecule has 0 spiro atoms. The van der Waals surface area contributed by atoms with Crippen molar-refractivity contribution in [1.29, 1.82) is 0 Å². The number of hydrogen-bond acceptors (Lipinski definition) is 5. The Morgan fingerprint density at radius 2 is 2.05 bits per heavy atom. The number of carbonyl (C=O) groups excluding carboxylic acids is 1. The van der Waals surface area contributed by atoms with Gasteiger partial charge in [0.05, 0.1) is 25.5 Å². The number of rotatable bonds is 6. The Kier molecular flexibility index (Phi) is 5.35. The van der Waals surface area contributed by atoms with E-state index in [1.54, 1.807) is 18.8 Å². The second-order valence-electron chi connectivity index (χ2n) is 4.89. The van der Waals surface area contributed by atoms with Gasteiger partial charge in [-0.2, -0.15) is 5.10 Å². The Morgan fingerprint density at radius 3 is 2.53 bits per heavy atom. The molecule has 6 nitrogen and oxygen atoms in total. The molecule has 0 saturated carbocycles. The lowest BCUT2D eigenvalue weighted by Crippen LogP contribution is -2.32. The monoisotopic (exact) mass is 269 g/mol. The molecule has 0 saturated heterocycles. The van der Waals surface area contributed by atoms with Crippen molar-refractivity contribution in [2.45, 2.75) is 26.8 Å². The molecule has 0 bridgehead atoms. The summed E-state index contributed by atoms with van der Waals surface area (Å²) in [5, 5.41) is 7.50. The Labute approximate surface area is 114 Å². The van der Waals surface area contributed by atoms with Crippen molar-refractivity contribution in [3.8, 4) is 5.88 Å². The number of esters is 1. The fourth-order valence-corrected chi connectivity index (χ4v) is 2.00. The molecule has 1 atom stereocenters. The van der Waals surface area contributed by atoms with Gasteiger partial charge in [0.15, 0.2) is 0 Å². The molecule has 0 amide bonds. The molecule has 0 fully saturated rings. The molecule has 0 aliphatic carbocycles. The molecule has 1 heterocycles. The normalized spacial score (nSPS) is 12.6. The van der Waals surface area contributed by atoms with Crippen molar-refractivity contribution in [2.75, 3.05) is 20.8 Å². The van der Waals surface area contributed by atoms with E-state index in [2.05, 4.69) is 24.3 Å². The van der Waals surface area contributed by atoms with Crippen LogP contribution in [0.4, 0.5) is 0 Å². The summed E-state index contributed by atoms with van der Waals surface area (Å²) in [6.45, 7) is 6.71. The first-order chi connectivity index (χ1) is 8.92. The van der Waals surface area contributed by atoms with Crippen LogP contribution in [0.25, 0.3) is 0 Å². The van der Waals surface area contributed by atoms with E-state index in [1.807, 2.05) is 6.92 Å². The highest BCUT2D eigenvalue weighted by atomic mass is 16.5. The summed E-state index contributed by atoms with van der Waals surface area (Å²) in [6, 6.07) is -0.559. The Bertz CT molecular complexity index is 441. The van der Waals surface area contributed by atoms with Crippen LogP contribution in [0.5, 0.6) is 5.88 Å². The average molecular weight is 269 g/mol. The van der Waals surface area contributed by atoms with Crippen LogP contribution >= 0.6 is 0 Å². The lowest BCUT2D eigenvalue weighted by atomic mass is 10.1. The lowest BCUT2D eigenvalue weighted by molar-refractivity contribution is -0.143. The largest absolute Gasteiger partial charge is 0.481 e. The maximum Gasteiger partial charge on any atom is 0.327 e. The molecule has 6 heteroatoms. The minimum atomic E-state index is -0.559. The van der Waals surface area contributed by atoms with E-state index in [9.17, 15) is 4.79 Å². The van der Waals surface area contributed by atoms with Crippen molar-refractivity contribution in [3.63, 3.8) is 0 Å². The van der Waals surface area contributed by atoms with Gasteiger partial charge >= 0.3 is 5.97 Å². The van der Waals surface area contributed by atoms with Gasteiger partial charge in [-0.25, -0.2) is 9.48 Å². The number of aryl methyl sites for hydroxylation is 2. The number of aromatic nitrogens is 2. The van der Waals surface area contributed by atoms with Gasteiger partial charge in [-0.05, 0) is 19.4 Å². The number of ether oxygens (including phenoxy) is 2. The molecule has 0 aromatic carbocycles.